The van der Waals surface area contributed by atoms with Gasteiger partial charge in [-0.1, -0.05) is 19.6 Å². The molecular formula is C34H43N9O. The molecule has 2 fully saturated rings. The zero-order valence-corrected chi connectivity index (χ0v) is 26.3. The van der Waals surface area contributed by atoms with Crippen molar-refractivity contribution in [3.05, 3.63) is 66.1 Å². The molecule has 6 rings (SSSR count). The van der Waals surface area contributed by atoms with Crippen molar-refractivity contribution in [1.29, 1.82) is 0 Å². The Labute approximate surface area is 260 Å². The molecule has 2 aliphatic rings. The number of benzene rings is 2. The normalized spacial score (nSPS) is 16.7. The number of nitrogens with one attached hydrogen (secondary N) is 2. The van der Waals surface area contributed by atoms with Gasteiger partial charge >= 0.3 is 0 Å². The van der Waals surface area contributed by atoms with Crippen molar-refractivity contribution < 1.29 is 4.74 Å². The van der Waals surface area contributed by atoms with Crippen LogP contribution in [0.3, 0.4) is 0 Å². The van der Waals surface area contributed by atoms with E-state index in [0.29, 0.717) is 17.8 Å². The van der Waals surface area contributed by atoms with Crippen LogP contribution in [0.2, 0.25) is 0 Å². The Hall–Kier alpha value is -4.28. The highest BCUT2D eigenvalue weighted by molar-refractivity contribution is 5.85. The fourth-order valence-electron chi connectivity index (χ4n) is 6.46. The maximum Gasteiger partial charge on any atom is 0.229 e. The summed E-state index contributed by atoms with van der Waals surface area (Å²) in [6.07, 6.45) is 10.1. The number of nitrogens with zero attached hydrogens (tertiary/aromatic N) is 7. The molecule has 4 heterocycles. The minimum absolute atomic E-state index is 0.468. The molecule has 10 heteroatoms. The summed E-state index contributed by atoms with van der Waals surface area (Å²) in [4.78, 5) is 26.1. The second kappa shape index (κ2) is 13.2. The number of hydrogen-bond acceptors (Lipinski definition) is 10. The second-order valence-electron chi connectivity index (χ2n) is 11.7. The molecule has 2 aromatic heterocycles. The average molecular weight is 594 g/mol. The van der Waals surface area contributed by atoms with Crippen molar-refractivity contribution in [3.8, 4) is 5.75 Å². The molecule has 2 aromatic carbocycles. The molecule has 2 saturated heterocycles. The summed E-state index contributed by atoms with van der Waals surface area (Å²) in [7, 11) is 3.93. The number of likely N-dealkylation sites (N-methyl/N-ethyl adjacent to an activating group) is 1. The number of methoxy groups -OCH3 is 1. The third-order valence-electron chi connectivity index (χ3n) is 9.01. The molecule has 230 valence electrons. The van der Waals surface area contributed by atoms with Gasteiger partial charge in [0.25, 0.3) is 0 Å². The van der Waals surface area contributed by atoms with Gasteiger partial charge in [0.05, 0.1) is 23.8 Å². The molecule has 0 bridgehead atoms. The zero-order valence-electron chi connectivity index (χ0n) is 26.3. The largest absolute Gasteiger partial charge is 0.494 e. The zero-order chi connectivity index (χ0) is 30.6. The van der Waals surface area contributed by atoms with Gasteiger partial charge in [0.15, 0.2) is 0 Å². The van der Waals surface area contributed by atoms with Gasteiger partial charge in [-0.25, -0.2) is 4.98 Å². The van der Waals surface area contributed by atoms with Crippen LogP contribution in [0.1, 0.15) is 36.5 Å². The first-order chi connectivity index (χ1) is 21.5. The number of aromatic nitrogens is 4. The highest BCUT2D eigenvalue weighted by atomic mass is 16.5. The molecule has 0 unspecified atom stereocenters. The minimum Gasteiger partial charge on any atom is -0.494 e. The third kappa shape index (κ3) is 6.18. The van der Waals surface area contributed by atoms with Crippen molar-refractivity contribution in [2.45, 2.75) is 39.2 Å². The van der Waals surface area contributed by atoms with Crippen LogP contribution in [0.4, 0.5) is 28.8 Å². The standard InChI is InChI=1S/C34H43N9O/c1-6-24-22-37-34(40-33(24)38-27-8-9-28-32(26(27)7-2)36-13-12-35-28)39-29-20-23(3)30(21-31(29)44-5)43-14-10-25(11-15-43)42-18-16-41(4)17-19-42/h6,8-9,12-13,20-22,25H,1,7,10-11,14-19H2,2-5H3,(H2,37,38,39,40). The van der Waals surface area contributed by atoms with Gasteiger partial charge in [0, 0.05) is 92.5 Å². The Morgan fingerprint density at radius 2 is 1.75 bits per heavy atom. The highest BCUT2D eigenvalue weighted by Gasteiger charge is 2.27. The van der Waals surface area contributed by atoms with E-state index in [-0.39, 0.29) is 0 Å². The van der Waals surface area contributed by atoms with Crippen LogP contribution in [0.15, 0.2) is 49.4 Å². The molecule has 10 nitrogen and oxygen atoms in total. The molecule has 2 aliphatic heterocycles. The van der Waals surface area contributed by atoms with E-state index in [1.54, 1.807) is 31.8 Å². The van der Waals surface area contributed by atoms with E-state index in [4.69, 9.17) is 9.72 Å². The van der Waals surface area contributed by atoms with Gasteiger partial charge in [-0.15, -0.1) is 0 Å². The van der Waals surface area contributed by atoms with Crippen LogP contribution in [0.25, 0.3) is 17.1 Å². The topological polar surface area (TPSA) is 94.6 Å². The molecule has 0 amide bonds. The Kier molecular flexibility index (Phi) is 8.90. The smallest absolute Gasteiger partial charge is 0.229 e. The van der Waals surface area contributed by atoms with Gasteiger partial charge in [0.2, 0.25) is 5.95 Å². The lowest BCUT2D eigenvalue weighted by Crippen LogP contribution is -2.52. The van der Waals surface area contributed by atoms with E-state index in [2.05, 4.69) is 79.9 Å². The second-order valence-corrected chi connectivity index (χ2v) is 11.7. The van der Waals surface area contributed by atoms with Crippen LogP contribution < -0.4 is 20.3 Å². The quantitative estimate of drug-likeness (QED) is 0.254. The van der Waals surface area contributed by atoms with E-state index in [1.807, 2.05) is 12.1 Å². The summed E-state index contributed by atoms with van der Waals surface area (Å²) in [6.45, 7) is 15.0. The fourth-order valence-corrected chi connectivity index (χ4v) is 6.46. The fraction of sp³-hybridized carbons (Fsp3) is 0.412. The average Bonchev–Trinajstić information content (AvgIpc) is 3.05. The van der Waals surface area contributed by atoms with Gasteiger partial charge in [-0.2, -0.15) is 4.98 Å². The monoisotopic (exact) mass is 593 g/mol. The minimum atomic E-state index is 0.468. The lowest BCUT2D eigenvalue weighted by atomic mass is 10.0. The van der Waals surface area contributed by atoms with E-state index < -0.39 is 0 Å². The third-order valence-corrected chi connectivity index (χ3v) is 9.01. The Morgan fingerprint density at radius 1 is 0.977 bits per heavy atom. The Balaban J connectivity index is 1.20. The van der Waals surface area contributed by atoms with Crippen LogP contribution in [0, 0.1) is 6.92 Å². The predicted molar refractivity (Wildman–Crippen MR) is 180 cm³/mol. The number of rotatable bonds is 9. The van der Waals surface area contributed by atoms with E-state index >= 15 is 0 Å². The Bertz CT molecular complexity index is 1630. The van der Waals surface area contributed by atoms with E-state index in [1.165, 1.54) is 50.3 Å². The van der Waals surface area contributed by atoms with E-state index in [9.17, 15) is 0 Å². The molecule has 4 aromatic rings. The van der Waals surface area contributed by atoms with Crippen molar-refractivity contribution in [2.24, 2.45) is 0 Å². The predicted octanol–water partition coefficient (Wildman–Crippen LogP) is 5.65. The summed E-state index contributed by atoms with van der Waals surface area (Å²) in [6, 6.07) is 8.96. The summed E-state index contributed by atoms with van der Waals surface area (Å²) in [5, 5.41) is 6.92. The van der Waals surface area contributed by atoms with Crippen molar-refractivity contribution in [1.82, 2.24) is 29.7 Å². The van der Waals surface area contributed by atoms with Gasteiger partial charge in [-0.05, 0) is 57.0 Å². The first-order valence-corrected chi connectivity index (χ1v) is 15.6. The maximum absolute atomic E-state index is 5.87. The molecule has 44 heavy (non-hydrogen) atoms. The highest BCUT2D eigenvalue weighted by Crippen LogP contribution is 2.36. The molecular weight excluding hydrogens is 550 g/mol. The number of aryl methyl sites for hydroxylation is 2. The number of piperazine rings is 1. The molecule has 0 atom stereocenters. The number of piperidine rings is 1. The number of anilines is 5. The Morgan fingerprint density at radius 3 is 2.48 bits per heavy atom. The van der Waals surface area contributed by atoms with Crippen LogP contribution in [0.5, 0.6) is 5.75 Å². The molecule has 2 N–H and O–H groups in total. The van der Waals surface area contributed by atoms with Crippen LogP contribution >= 0.6 is 0 Å². The maximum atomic E-state index is 5.87. The van der Waals surface area contributed by atoms with Crippen molar-refractivity contribution >= 4 is 45.9 Å². The van der Waals surface area contributed by atoms with Crippen molar-refractivity contribution in [3.63, 3.8) is 0 Å². The summed E-state index contributed by atoms with van der Waals surface area (Å²) in [5.74, 6) is 1.89. The summed E-state index contributed by atoms with van der Waals surface area (Å²) < 4.78 is 5.87. The molecule has 0 aliphatic carbocycles. The van der Waals surface area contributed by atoms with Gasteiger partial charge < -0.3 is 25.2 Å². The molecule has 0 radical (unpaired) electrons. The van der Waals surface area contributed by atoms with Crippen molar-refractivity contribution in [2.75, 3.05) is 69.0 Å². The van der Waals surface area contributed by atoms with Gasteiger partial charge in [-0.3, -0.25) is 14.9 Å². The number of hydrogen-bond donors (Lipinski definition) is 2. The van der Waals surface area contributed by atoms with E-state index in [0.717, 1.165) is 58.8 Å². The summed E-state index contributed by atoms with van der Waals surface area (Å²) in [5.41, 5.74) is 7.81. The lowest BCUT2D eigenvalue weighted by Gasteiger charge is -2.43. The SMILES string of the molecule is C=Cc1cnc(Nc2cc(C)c(N3CCC(N4CCN(C)CC4)CC3)cc2OC)nc1Nc1ccc2nccnc2c1CC. The lowest BCUT2D eigenvalue weighted by molar-refractivity contribution is 0.0982. The van der Waals surface area contributed by atoms with Gasteiger partial charge in [0.1, 0.15) is 11.6 Å². The molecule has 0 saturated carbocycles. The van der Waals surface area contributed by atoms with Crippen LogP contribution in [-0.2, 0) is 6.42 Å². The first kappa shape index (κ1) is 29.8. The number of ether oxygens (including phenoxy) is 1. The number of fused-ring (bicyclic) bond motifs is 1. The summed E-state index contributed by atoms with van der Waals surface area (Å²) >= 11 is 0. The molecule has 0 spiro atoms. The van der Waals surface area contributed by atoms with Crippen LogP contribution in [-0.4, -0.2) is 89.2 Å². The first-order valence-electron chi connectivity index (χ1n) is 15.6.